The fourth-order valence-corrected chi connectivity index (χ4v) is 3.23. The van der Waals surface area contributed by atoms with Gasteiger partial charge in [-0.3, -0.25) is 10.1 Å². The highest BCUT2D eigenvalue weighted by molar-refractivity contribution is 7.15. The lowest BCUT2D eigenvalue weighted by molar-refractivity contribution is 0.0597. The van der Waals surface area contributed by atoms with E-state index in [-0.39, 0.29) is 11.1 Å². The van der Waals surface area contributed by atoms with Crippen LogP contribution in [-0.2, 0) is 4.74 Å². The molecule has 0 aliphatic rings. The predicted molar refractivity (Wildman–Crippen MR) is 89.0 cm³/mol. The van der Waals surface area contributed by atoms with Gasteiger partial charge < -0.3 is 4.74 Å². The van der Waals surface area contributed by atoms with E-state index >= 15 is 0 Å². The van der Waals surface area contributed by atoms with Gasteiger partial charge in [0.2, 0.25) is 5.13 Å². The Kier molecular flexibility index (Phi) is 5.81. The van der Waals surface area contributed by atoms with Gasteiger partial charge in [0.1, 0.15) is 5.01 Å². The van der Waals surface area contributed by atoms with Crippen molar-refractivity contribution in [1.29, 1.82) is 0 Å². The van der Waals surface area contributed by atoms with E-state index in [1.54, 1.807) is 24.3 Å². The van der Waals surface area contributed by atoms with Gasteiger partial charge >= 0.3 is 5.97 Å². The van der Waals surface area contributed by atoms with Crippen LogP contribution < -0.4 is 5.32 Å². The first-order valence-electron chi connectivity index (χ1n) is 7.42. The van der Waals surface area contributed by atoms with Crippen molar-refractivity contribution in [1.82, 2.24) is 10.2 Å². The summed E-state index contributed by atoms with van der Waals surface area (Å²) >= 11 is 1.36. The molecule has 1 amide bonds. The Bertz CT molecular complexity index is 695. The quantitative estimate of drug-likeness (QED) is 0.819. The number of methoxy groups -OCH3 is 1. The molecule has 0 spiro atoms. The minimum Gasteiger partial charge on any atom is -0.465 e. The number of benzene rings is 1. The summed E-state index contributed by atoms with van der Waals surface area (Å²) in [5, 5.41) is 12.2. The van der Waals surface area contributed by atoms with Crippen molar-refractivity contribution in [3.05, 3.63) is 40.4 Å². The molecular formula is C16H19N3O3S. The Morgan fingerprint density at radius 3 is 2.43 bits per heavy atom. The van der Waals surface area contributed by atoms with Gasteiger partial charge in [-0.05, 0) is 25.0 Å². The minimum absolute atomic E-state index is 0.220. The van der Waals surface area contributed by atoms with Crippen molar-refractivity contribution in [2.45, 2.75) is 32.6 Å². The fraction of sp³-hybridized carbons (Fsp3) is 0.375. The molecule has 1 heterocycles. The molecule has 1 N–H and O–H groups in total. The number of ether oxygens (including phenoxy) is 1. The van der Waals surface area contributed by atoms with Crippen molar-refractivity contribution in [3.63, 3.8) is 0 Å². The summed E-state index contributed by atoms with van der Waals surface area (Å²) in [7, 11) is 1.28. The number of hydrogen-bond acceptors (Lipinski definition) is 6. The van der Waals surface area contributed by atoms with Gasteiger partial charge in [0.25, 0.3) is 5.91 Å². The van der Waals surface area contributed by atoms with E-state index in [4.69, 9.17) is 4.74 Å². The van der Waals surface area contributed by atoms with Crippen LogP contribution in [0.2, 0.25) is 0 Å². The van der Waals surface area contributed by atoms with Gasteiger partial charge in [0.05, 0.1) is 18.2 Å². The second kappa shape index (κ2) is 7.82. The highest BCUT2D eigenvalue weighted by Gasteiger charge is 2.19. The standard InChI is InChI=1S/C16H19N3O3S/c1-4-10(5-2)14-18-19-16(23-14)17-13(20)11-8-6-7-9-12(11)15(21)22-3/h6-10H,4-5H2,1-3H3,(H,17,19,20). The third-order valence-corrected chi connectivity index (χ3v) is 4.57. The lowest BCUT2D eigenvalue weighted by Crippen LogP contribution is -2.17. The summed E-state index contributed by atoms with van der Waals surface area (Å²) in [6.45, 7) is 4.20. The molecule has 6 nitrogen and oxygen atoms in total. The number of rotatable bonds is 6. The number of anilines is 1. The summed E-state index contributed by atoms with van der Waals surface area (Å²) in [5.74, 6) is -0.607. The number of nitrogens with zero attached hydrogens (tertiary/aromatic N) is 2. The maximum atomic E-state index is 12.4. The molecular weight excluding hydrogens is 314 g/mol. The SMILES string of the molecule is CCC(CC)c1nnc(NC(=O)c2ccccc2C(=O)OC)s1. The number of carbonyl (C=O) groups is 2. The summed E-state index contributed by atoms with van der Waals surface area (Å²) in [6.07, 6.45) is 1.95. The van der Waals surface area contributed by atoms with E-state index in [2.05, 4.69) is 29.4 Å². The van der Waals surface area contributed by atoms with E-state index in [9.17, 15) is 9.59 Å². The number of nitrogens with one attached hydrogen (secondary N) is 1. The zero-order valence-electron chi connectivity index (χ0n) is 13.3. The van der Waals surface area contributed by atoms with E-state index < -0.39 is 11.9 Å². The van der Waals surface area contributed by atoms with Crippen LogP contribution in [0.4, 0.5) is 5.13 Å². The minimum atomic E-state index is -0.550. The third kappa shape index (κ3) is 3.92. The Morgan fingerprint density at radius 1 is 1.17 bits per heavy atom. The Labute approximate surface area is 138 Å². The molecule has 0 aliphatic heterocycles. The first-order valence-corrected chi connectivity index (χ1v) is 8.24. The Morgan fingerprint density at radius 2 is 1.83 bits per heavy atom. The topological polar surface area (TPSA) is 81.2 Å². The monoisotopic (exact) mass is 333 g/mol. The molecule has 2 aromatic rings. The molecule has 7 heteroatoms. The van der Waals surface area contributed by atoms with Crippen molar-refractivity contribution in [3.8, 4) is 0 Å². The second-order valence-corrected chi connectivity index (χ2v) is 5.96. The maximum absolute atomic E-state index is 12.4. The molecule has 0 bridgehead atoms. The lowest BCUT2D eigenvalue weighted by atomic mass is 10.1. The molecule has 2 rings (SSSR count). The molecule has 0 saturated heterocycles. The van der Waals surface area contributed by atoms with Gasteiger partial charge in [-0.1, -0.05) is 37.3 Å². The fourth-order valence-electron chi connectivity index (χ4n) is 2.22. The van der Waals surface area contributed by atoms with Gasteiger partial charge in [-0.25, -0.2) is 4.79 Å². The molecule has 23 heavy (non-hydrogen) atoms. The van der Waals surface area contributed by atoms with Gasteiger partial charge in [0, 0.05) is 5.92 Å². The van der Waals surface area contributed by atoms with Crippen molar-refractivity contribution in [2.75, 3.05) is 12.4 Å². The average Bonchev–Trinajstić information content (AvgIpc) is 3.03. The van der Waals surface area contributed by atoms with Crippen LogP contribution in [-0.4, -0.2) is 29.2 Å². The molecule has 0 fully saturated rings. The zero-order chi connectivity index (χ0) is 16.8. The van der Waals surface area contributed by atoms with E-state index in [0.717, 1.165) is 17.8 Å². The van der Waals surface area contributed by atoms with Crippen molar-refractivity contribution >= 4 is 28.3 Å². The van der Waals surface area contributed by atoms with Crippen LogP contribution in [0.5, 0.6) is 0 Å². The Balaban J connectivity index is 2.19. The van der Waals surface area contributed by atoms with Crippen molar-refractivity contribution in [2.24, 2.45) is 0 Å². The number of carbonyl (C=O) groups excluding carboxylic acids is 2. The summed E-state index contributed by atoms with van der Waals surface area (Å²) < 4.78 is 4.70. The van der Waals surface area contributed by atoms with Gasteiger partial charge in [-0.15, -0.1) is 10.2 Å². The first kappa shape index (κ1) is 17.1. The van der Waals surface area contributed by atoms with Crippen molar-refractivity contribution < 1.29 is 14.3 Å². The van der Waals surface area contributed by atoms with Gasteiger partial charge in [0.15, 0.2) is 0 Å². The van der Waals surface area contributed by atoms with Crippen LogP contribution in [0.15, 0.2) is 24.3 Å². The average molecular weight is 333 g/mol. The summed E-state index contributed by atoms with van der Waals surface area (Å²) in [4.78, 5) is 24.1. The number of hydrogen-bond donors (Lipinski definition) is 1. The molecule has 0 aliphatic carbocycles. The highest BCUT2D eigenvalue weighted by atomic mass is 32.1. The smallest absolute Gasteiger partial charge is 0.338 e. The third-order valence-electron chi connectivity index (χ3n) is 3.57. The molecule has 1 aromatic heterocycles. The van der Waals surface area contributed by atoms with E-state index in [1.165, 1.54) is 18.4 Å². The van der Waals surface area contributed by atoms with E-state index in [0.29, 0.717) is 11.0 Å². The van der Waals surface area contributed by atoms with Crippen LogP contribution in [0.1, 0.15) is 58.3 Å². The predicted octanol–water partition coefficient (Wildman–Crippen LogP) is 3.48. The molecule has 1 aromatic carbocycles. The number of aromatic nitrogens is 2. The second-order valence-electron chi connectivity index (χ2n) is 4.95. The molecule has 0 atom stereocenters. The lowest BCUT2D eigenvalue weighted by Gasteiger charge is -2.07. The molecule has 0 saturated carbocycles. The Hall–Kier alpha value is -2.28. The van der Waals surface area contributed by atoms with Crippen LogP contribution in [0.25, 0.3) is 0 Å². The van der Waals surface area contributed by atoms with E-state index in [1.807, 2.05) is 0 Å². The number of esters is 1. The zero-order valence-corrected chi connectivity index (χ0v) is 14.1. The summed E-state index contributed by atoms with van der Waals surface area (Å²) in [6, 6.07) is 6.50. The number of amides is 1. The molecule has 122 valence electrons. The highest BCUT2D eigenvalue weighted by Crippen LogP contribution is 2.28. The molecule has 0 unspecified atom stereocenters. The van der Waals surface area contributed by atoms with Crippen LogP contribution in [0, 0.1) is 0 Å². The maximum Gasteiger partial charge on any atom is 0.338 e. The first-order chi connectivity index (χ1) is 11.1. The van der Waals surface area contributed by atoms with Crippen LogP contribution in [0.3, 0.4) is 0 Å². The van der Waals surface area contributed by atoms with Crippen LogP contribution >= 0.6 is 11.3 Å². The summed E-state index contributed by atoms with van der Waals surface area (Å²) in [5.41, 5.74) is 0.468. The van der Waals surface area contributed by atoms with Gasteiger partial charge in [-0.2, -0.15) is 0 Å². The molecule has 0 radical (unpaired) electrons. The normalized spacial score (nSPS) is 10.6. The largest absolute Gasteiger partial charge is 0.465 e.